The number of carboxylic acid groups (broad SMARTS) is 1. The summed E-state index contributed by atoms with van der Waals surface area (Å²) in [5.41, 5.74) is 0.940. The third kappa shape index (κ3) is 6.63. The lowest BCUT2D eigenvalue weighted by molar-refractivity contribution is -0.148. The highest BCUT2D eigenvalue weighted by molar-refractivity contribution is 5.86. The van der Waals surface area contributed by atoms with Gasteiger partial charge in [0, 0.05) is 25.3 Å². The van der Waals surface area contributed by atoms with Gasteiger partial charge in [-0.1, -0.05) is 62.2 Å². The van der Waals surface area contributed by atoms with Gasteiger partial charge in [-0.15, -0.1) is 0 Å². The van der Waals surface area contributed by atoms with Crippen LogP contribution in [0.2, 0.25) is 0 Å². The number of likely N-dealkylation sites (tertiary alicyclic amines) is 1. The minimum atomic E-state index is -3.39. The summed E-state index contributed by atoms with van der Waals surface area (Å²) in [6, 6.07) is 8.66. The van der Waals surface area contributed by atoms with Gasteiger partial charge in [0.05, 0.1) is 12.1 Å². The van der Waals surface area contributed by atoms with E-state index in [1.165, 1.54) is 17.1 Å². The topological polar surface area (TPSA) is 77.8 Å². The van der Waals surface area contributed by atoms with Crippen molar-refractivity contribution < 1.29 is 28.6 Å². The zero-order valence-electron chi connectivity index (χ0n) is 16.6. The Bertz CT molecular complexity index is 708. The van der Waals surface area contributed by atoms with Gasteiger partial charge in [0.15, 0.2) is 0 Å². The summed E-state index contributed by atoms with van der Waals surface area (Å²) in [4.78, 5) is 23.7. The zero-order valence-corrected chi connectivity index (χ0v) is 16.6. The SMILES string of the molecule is C[C@@H](c1ccccc1)[C@H](O)C=C[C@H]1CC(F)(F)C(=O)N1CCCCCCC(=O)O. The molecule has 2 rings (SSSR count). The number of nitrogens with zero attached hydrogens (tertiary/aromatic N) is 1. The number of carbonyl (C=O) groups is 2. The minimum Gasteiger partial charge on any atom is -0.481 e. The molecule has 1 aromatic rings. The number of rotatable bonds is 11. The quantitative estimate of drug-likeness (QED) is 0.428. The summed E-state index contributed by atoms with van der Waals surface area (Å²) in [6.07, 6.45) is 4.08. The van der Waals surface area contributed by atoms with E-state index in [2.05, 4.69) is 0 Å². The average Bonchev–Trinajstić information content (AvgIpc) is 2.91. The van der Waals surface area contributed by atoms with Crippen LogP contribution in [-0.2, 0) is 9.59 Å². The highest BCUT2D eigenvalue weighted by Crippen LogP contribution is 2.34. The molecule has 29 heavy (non-hydrogen) atoms. The Morgan fingerprint density at radius 1 is 1.24 bits per heavy atom. The van der Waals surface area contributed by atoms with Crippen LogP contribution >= 0.6 is 0 Å². The highest BCUT2D eigenvalue weighted by atomic mass is 19.3. The van der Waals surface area contributed by atoms with Crippen molar-refractivity contribution in [3.63, 3.8) is 0 Å². The molecule has 1 aliphatic rings. The molecule has 0 aromatic heterocycles. The van der Waals surface area contributed by atoms with E-state index in [-0.39, 0.29) is 18.9 Å². The molecule has 1 amide bonds. The van der Waals surface area contributed by atoms with E-state index < -0.39 is 36.4 Å². The Morgan fingerprint density at radius 2 is 1.90 bits per heavy atom. The monoisotopic (exact) mass is 409 g/mol. The second kappa shape index (κ2) is 10.5. The smallest absolute Gasteiger partial charge is 0.327 e. The van der Waals surface area contributed by atoms with Crippen LogP contribution in [-0.4, -0.2) is 51.6 Å². The standard InChI is InChI=1S/C22H29F2NO4/c1-16(17-9-5-4-6-10-17)19(26)13-12-18-15-22(23,24)21(29)25(18)14-8-3-2-7-11-20(27)28/h4-6,9-10,12-13,16,18-19,26H,2-3,7-8,11,14-15H2,1H3,(H,27,28)/t16-,18-,19+/m0/s1. The third-order valence-electron chi connectivity index (χ3n) is 5.35. The van der Waals surface area contributed by atoms with Crippen molar-refractivity contribution in [3.8, 4) is 0 Å². The third-order valence-corrected chi connectivity index (χ3v) is 5.35. The molecular formula is C22H29F2NO4. The molecule has 2 N–H and O–H groups in total. The van der Waals surface area contributed by atoms with Crippen LogP contribution in [0.4, 0.5) is 8.78 Å². The fourth-order valence-corrected chi connectivity index (χ4v) is 3.53. The van der Waals surface area contributed by atoms with Gasteiger partial charge in [-0.05, 0) is 18.4 Å². The van der Waals surface area contributed by atoms with Crippen LogP contribution in [0.5, 0.6) is 0 Å². The Morgan fingerprint density at radius 3 is 2.55 bits per heavy atom. The molecule has 1 aliphatic heterocycles. The maximum Gasteiger partial charge on any atom is 0.327 e. The fourth-order valence-electron chi connectivity index (χ4n) is 3.53. The predicted molar refractivity (Wildman–Crippen MR) is 106 cm³/mol. The Labute approximate surface area is 170 Å². The maximum atomic E-state index is 14.0. The molecule has 7 heteroatoms. The lowest BCUT2D eigenvalue weighted by atomic mass is 9.94. The van der Waals surface area contributed by atoms with Crippen LogP contribution < -0.4 is 0 Å². The molecule has 1 saturated heterocycles. The first kappa shape index (κ1) is 23.0. The number of aliphatic carboxylic acids is 1. The van der Waals surface area contributed by atoms with Crippen molar-refractivity contribution in [2.45, 2.75) is 69.4 Å². The summed E-state index contributed by atoms with van der Waals surface area (Å²) in [7, 11) is 0. The lowest BCUT2D eigenvalue weighted by Gasteiger charge is -2.22. The minimum absolute atomic E-state index is 0.0869. The number of hydrogen-bond donors (Lipinski definition) is 2. The van der Waals surface area contributed by atoms with E-state index in [0.717, 1.165) is 5.56 Å². The molecule has 0 saturated carbocycles. The predicted octanol–water partition coefficient (Wildman–Crippen LogP) is 3.98. The number of amides is 1. The van der Waals surface area contributed by atoms with E-state index in [9.17, 15) is 23.5 Å². The number of benzene rings is 1. The first-order chi connectivity index (χ1) is 13.7. The number of alkyl halides is 2. The zero-order chi connectivity index (χ0) is 21.4. The van der Waals surface area contributed by atoms with E-state index in [4.69, 9.17) is 5.11 Å². The molecule has 0 spiro atoms. The Kier molecular flexibility index (Phi) is 8.32. The summed E-state index contributed by atoms with van der Waals surface area (Å²) in [5.74, 6) is -5.63. The first-order valence-corrected chi connectivity index (χ1v) is 10.0. The maximum absolute atomic E-state index is 14.0. The van der Waals surface area contributed by atoms with Gasteiger partial charge in [0.1, 0.15) is 0 Å². The van der Waals surface area contributed by atoms with Gasteiger partial charge in [-0.2, -0.15) is 8.78 Å². The lowest BCUT2D eigenvalue weighted by Crippen LogP contribution is -2.36. The molecule has 1 fully saturated rings. The summed E-state index contributed by atoms with van der Waals surface area (Å²) in [5, 5.41) is 19.0. The van der Waals surface area contributed by atoms with E-state index in [1.54, 1.807) is 0 Å². The molecule has 0 unspecified atom stereocenters. The van der Waals surface area contributed by atoms with Crippen molar-refractivity contribution in [1.82, 2.24) is 4.90 Å². The molecule has 5 nitrogen and oxygen atoms in total. The van der Waals surface area contributed by atoms with Crippen LogP contribution in [0.15, 0.2) is 42.5 Å². The van der Waals surface area contributed by atoms with E-state index >= 15 is 0 Å². The fraction of sp³-hybridized carbons (Fsp3) is 0.545. The normalized spacial score (nSPS) is 20.9. The van der Waals surface area contributed by atoms with Crippen LogP contribution in [0.3, 0.4) is 0 Å². The van der Waals surface area contributed by atoms with Crippen LogP contribution in [0.25, 0.3) is 0 Å². The van der Waals surface area contributed by atoms with Gasteiger partial charge in [0.25, 0.3) is 5.91 Å². The second-order valence-electron chi connectivity index (χ2n) is 7.61. The summed E-state index contributed by atoms with van der Waals surface area (Å²) < 4.78 is 27.9. The van der Waals surface area contributed by atoms with Crippen LogP contribution in [0, 0.1) is 0 Å². The second-order valence-corrected chi connectivity index (χ2v) is 7.61. The van der Waals surface area contributed by atoms with Gasteiger partial charge in [0.2, 0.25) is 0 Å². The van der Waals surface area contributed by atoms with Crippen molar-refractivity contribution in [3.05, 3.63) is 48.0 Å². The highest BCUT2D eigenvalue weighted by Gasteiger charge is 2.52. The molecule has 1 heterocycles. The number of unbranched alkanes of at least 4 members (excludes halogenated alkanes) is 3. The van der Waals surface area contributed by atoms with Crippen molar-refractivity contribution >= 4 is 11.9 Å². The van der Waals surface area contributed by atoms with Gasteiger partial charge in [-0.3, -0.25) is 9.59 Å². The summed E-state index contributed by atoms with van der Waals surface area (Å²) >= 11 is 0. The van der Waals surface area contributed by atoms with Crippen molar-refractivity contribution in [2.75, 3.05) is 6.54 Å². The Hall–Kier alpha value is -2.28. The van der Waals surface area contributed by atoms with Gasteiger partial charge >= 0.3 is 11.9 Å². The number of carbonyl (C=O) groups excluding carboxylic acids is 1. The number of aliphatic hydroxyl groups excluding tert-OH is 1. The molecule has 160 valence electrons. The summed E-state index contributed by atoms with van der Waals surface area (Å²) in [6.45, 7) is 2.05. The van der Waals surface area contributed by atoms with E-state index in [0.29, 0.717) is 25.7 Å². The average molecular weight is 409 g/mol. The molecule has 3 atom stereocenters. The molecule has 0 bridgehead atoms. The number of aliphatic hydroxyl groups is 1. The first-order valence-electron chi connectivity index (χ1n) is 10.0. The molecule has 0 aliphatic carbocycles. The molecule has 1 aromatic carbocycles. The molecular weight excluding hydrogens is 380 g/mol. The largest absolute Gasteiger partial charge is 0.481 e. The number of carboxylic acids is 1. The van der Waals surface area contributed by atoms with Crippen molar-refractivity contribution in [2.24, 2.45) is 0 Å². The van der Waals surface area contributed by atoms with E-state index in [1.807, 2.05) is 37.3 Å². The van der Waals surface area contributed by atoms with Crippen molar-refractivity contribution in [1.29, 1.82) is 0 Å². The number of halogens is 2. The molecule has 0 radical (unpaired) electrons. The van der Waals surface area contributed by atoms with Gasteiger partial charge in [-0.25, -0.2) is 0 Å². The Balaban J connectivity index is 1.92. The number of hydrogen-bond acceptors (Lipinski definition) is 3. The van der Waals surface area contributed by atoms with Gasteiger partial charge < -0.3 is 15.1 Å². The van der Waals surface area contributed by atoms with Crippen LogP contribution in [0.1, 0.15) is 56.9 Å².